The standard InChI is InChI=1S/C9H19N3O2S2/c1-8-6-11-9(15-7-8)10-4-3-5-12-16(2,13)14/h8,12H,3-7H2,1-2H3,(H,10,11). The van der Waals surface area contributed by atoms with Crippen LogP contribution in [-0.4, -0.2) is 45.2 Å². The van der Waals surface area contributed by atoms with Gasteiger partial charge in [-0.05, 0) is 12.3 Å². The zero-order valence-corrected chi connectivity index (χ0v) is 11.3. The predicted molar refractivity (Wildman–Crippen MR) is 69.4 cm³/mol. The summed E-state index contributed by atoms with van der Waals surface area (Å²) in [5.74, 6) is 1.76. The molecule has 0 bridgehead atoms. The lowest BCUT2D eigenvalue weighted by Gasteiger charge is -2.17. The number of amidine groups is 1. The zero-order valence-electron chi connectivity index (χ0n) is 9.69. The molecule has 1 heterocycles. The van der Waals surface area contributed by atoms with Crippen LogP contribution in [0.1, 0.15) is 13.3 Å². The van der Waals surface area contributed by atoms with Gasteiger partial charge in [0.1, 0.15) is 0 Å². The largest absolute Gasteiger partial charge is 0.365 e. The van der Waals surface area contributed by atoms with Crippen molar-refractivity contribution in [3.8, 4) is 0 Å². The Hall–Kier alpha value is -0.270. The number of nitrogens with zero attached hydrogens (tertiary/aromatic N) is 1. The minimum absolute atomic E-state index is 0.472. The maximum absolute atomic E-state index is 10.8. The number of sulfonamides is 1. The van der Waals surface area contributed by atoms with Crippen LogP contribution in [-0.2, 0) is 10.0 Å². The van der Waals surface area contributed by atoms with E-state index in [1.165, 1.54) is 6.26 Å². The van der Waals surface area contributed by atoms with Crippen molar-refractivity contribution >= 4 is 27.0 Å². The second-order valence-electron chi connectivity index (χ2n) is 4.01. The molecule has 2 N–H and O–H groups in total. The highest BCUT2D eigenvalue weighted by molar-refractivity contribution is 8.13. The maximum atomic E-state index is 10.8. The highest BCUT2D eigenvalue weighted by Gasteiger charge is 2.11. The van der Waals surface area contributed by atoms with Gasteiger partial charge in [-0.2, -0.15) is 0 Å². The summed E-state index contributed by atoms with van der Waals surface area (Å²) in [5, 5.41) is 4.19. The summed E-state index contributed by atoms with van der Waals surface area (Å²) in [6, 6.07) is 0. The smallest absolute Gasteiger partial charge is 0.208 e. The Morgan fingerprint density at radius 3 is 2.81 bits per heavy atom. The van der Waals surface area contributed by atoms with Gasteiger partial charge in [0.25, 0.3) is 0 Å². The molecule has 1 rings (SSSR count). The third-order valence-corrected chi connectivity index (χ3v) is 4.06. The summed E-state index contributed by atoms with van der Waals surface area (Å²) in [5.41, 5.74) is 0. The summed E-state index contributed by atoms with van der Waals surface area (Å²) < 4.78 is 24.0. The molecular weight excluding hydrogens is 246 g/mol. The molecule has 7 heteroatoms. The molecule has 0 aliphatic carbocycles. The van der Waals surface area contributed by atoms with Crippen LogP contribution in [0.15, 0.2) is 4.99 Å². The summed E-state index contributed by atoms with van der Waals surface area (Å²) in [7, 11) is -3.05. The van der Waals surface area contributed by atoms with Gasteiger partial charge < -0.3 is 5.32 Å². The van der Waals surface area contributed by atoms with Gasteiger partial charge in [0, 0.05) is 25.4 Å². The molecule has 1 aliphatic rings. The van der Waals surface area contributed by atoms with Gasteiger partial charge in [-0.15, -0.1) is 0 Å². The van der Waals surface area contributed by atoms with Gasteiger partial charge in [0.2, 0.25) is 10.0 Å². The first-order valence-electron chi connectivity index (χ1n) is 5.33. The number of nitrogens with one attached hydrogen (secondary N) is 2. The molecule has 1 aliphatic heterocycles. The molecule has 0 fully saturated rings. The molecule has 94 valence electrons. The van der Waals surface area contributed by atoms with Crippen LogP contribution < -0.4 is 10.0 Å². The third kappa shape index (κ3) is 6.34. The maximum Gasteiger partial charge on any atom is 0.208 e. The predicted octanol–water partition coefficient (Wildman–Crippen LogP) is 0.254. The Morgan fingerprint density at radius 2 is 2.25 bits per heavy atom. The van der Waals surface area contributed by atoms with E-state index in [4.69, 9.17) is 0 Å². The zero-order chi connectivity index (χ0) is 12.0. The highest BCUT2D eigenvalue weighted by Crippen LogP contribution is 2.15. The van der Waals surface area contributed by atoms with Crippen molar-refractivity contribution < 1.29 is 8.42 Å². The van der Waals surface area contributed by atoms with E-state index in [0.717, 1.165) is 30.4 Å². The van der Waals surface area contributed by atoms with Crippen molar-refractivity contribution in [1.82, 2.24) is 10.0 Å². The van der Waals surface area contributed by atoms with Crippen LogP contribution in [0.25, 0.3) is 0 Å². The van der Waals surface area contributed by atoms with Crippen LogP contribution in [0.4, 0.5) is 0 Å². The number of hydrogen-bond donors (Lipinski definition) is 2. The van der Waals surface area contributed by atoms with E-state index in [1.54, 1.807) is 11.8 Å². The molecule has 0 aromatic carbocycles. The highest BCUT2D eigenvalue weighted by atomic mass is 32.2. The SMILES string of the molecule is CC1CN=C(NCCCNS(C)(=O)=O)SC1. The Labute approximate surface area is 102 Å². The lowest BCUT2D eigenvalue weighted by atomic mass is 10.2. The van der Waals surface area contributed by atoms with E-state index in [2.05, 4.69) is 22.0 Å². The van der Waals surface area contributed by atoms with Crippen LogP contribution in [0, 0.1) is 5.92 Å². The lowest BCUT2D eigenvalue weighted by Crippen LogP contribution is -2.30. The van der Waals surface area contributed by atoms with Crippen LogP contribution in [0.2, 0.25) is 0 Å². The van der Waals surface area contributed by atoms with E-state index in [0.29, 0.717) is 12.5 Å². The van der Waals surface area contributed by atoms with Gasteiger partial charge in [0.05, 0.1) is 6.26 Å². The van der Waals surface area contributed by atoms with Gasteiger partial charge >= 0.3 is 0 Å². The topological polar surface area (TPSA) is 70.6 Å². The molecule has 0 saturated heterocycles. The first kappa shape index (κ1) is 13.8. The number of rotatable bonds is 5. The van der Waals surface area contributed by atoms with Crippen molar-refractivity contribution in [3.05, 3.63) is 0 Å². The Bertz CT molecular complexity index is 341. The molecule has 1 unspecified atom stereocenters. The molecule has 0 aromatic rings. The molecular formula is C9H19N3O2S2. The molecule has 16 heavy (non-hydrogen) atoms. The van der Waals surface area contributed by atoms with E-state index < -0.39 is 10.0 Å². The molecule has 0 aromatic heterocycles. The van der Waals surface area contributed by atoms with E-state index >= 15 is 0 Å². The minimum Gasteiger partial charge on any atom is -0.365 e. The first-order chi connectivity index (χ1) is 7.47. The molecule has 0 spiro atoms. The quantitative estimate of drug-likeness (QED) is 0.699. The fourth-order valence-electron chi connectivity index (χ4n) is 1.21. The van der Waals surface area contributed by atoms with Crippen molar-refractivity contribution in [2.24, 2.45) is 10.9 Å². The monoisotopic (exact) mass is 265 g/mol. The van der Waals surface area contributed by atoms with Crippen molar-refractivity contribution in [3.63, 3.8) is 0 Å². The third-order valence-electron chi connectivity index (χ3n) is 2.05. The van der Waals surface area contributed by atoms with E-state index in [1.807, 2.05) is 0 Å². The summed E-state index contributed by atoms with van der Waals surface area (Å²) in [6.45, 7) is 4.29. The number of thioether (sulfide) groups is 1. The normalized spacial score (nSPS) is 21.6. The van der Waals surface area contributed by atoms with Gasteiger partial charge in [-0.3, -0.25) is 4.99 Å². The van der Waals surface area contributed by atoms with Crippen molar-refractivity contribution in [1.29, 1.82) is 0 Å². The summed E-state index contributed by atoms with van der Waals surface area (Å²) in [4.78, 5) is 4.39. The molecule has 5 nitrogen and oxygen atoms in total. The minimum atomic E-state index is -3.05. The second kappa shape index (κ2) is 6.46. The first-order valence-corrected chi connectivity index (χ1v) is 8.21. The second-order valence-corrected chi connectivity index (χ2v) is 6.85. The van der Waals surface area contributed by atoms with Gasteiger partial charge in [-0.1, -0.05) is 18.7 Å². The van der Waals surface area contributed by atoms with Crippen molar-refractivity contribution in [2.75, 3.05) is 31.6 Å². The Morgan fingerprint density at radius 1 is 1.50 bits per heavy atom. The van der Waals surface area contributed by atoms with Crippen LogP contribution >= 0.6 is 11.8 Å². The van der Waals surface area contributed by atoms with E-state index in [9.17, 15) is 8.42 Å². The molecule has 0 saturated carbocycles. The van der Waals surface area contributed by atoms with Crippen LogP contribution in [0.5, 0.6) is 0 Å². The fraction of sp³-hybridized carbons (Fsp3) is 0.889. The average Bonchev–Trinajstić information content (AvgIpc) is 2.19. The fourth-order valence-corrected chi connectivity index (χ4v) is 2.64. The Balaban J connectivity index is 2.08. The van der Waals surface area contributed by atoms with Crippen molar-refractivity contribution in [2.45, 2.75) is 13.3 Å². The number of hydrogen-bond acceptors (Lipinski definition) is 5. The molecule has 0 radical (unpaired) electrons. The molecule has 0 amide bonds. The summed E-state index contributed by atoms with van der Waals surface area (Å²) >= 11 is 1.74. The Kier molecular flexibility index (Phi) is 5.57. The summed E-state index contributed by atoms with van der Waals surface area (Å²) in [6.07, 6.45) is 1.94. The number of aliphatic imine (C=N–C) groups is 1. The average molecular weight is 265 g/mol. The van der Waals surface area contributed by atoms with E-state index in [-0.39, 0.29) is 0 Å². The van der Waals surface area contributed by atoms with Gasteiger partial charge in [-0.25, -0.2) is 13.1 Å². The molecule has 1 atom stereocenters. The van der Waals surface area contributed by atoms with Crippen LogP contribution in [0.3, 0.4) is 0 Å². The van der Waals surface area contributed by atoms with Gasteiger partial charge in [0.15, 0.2) is 5.17 Å². The lowest BCUT2D eigenvalue weighted by molar-refractivity contribution is 0.584.